The van der Waals surface area contributed by atoms with Crippen LogP contribution in [0.25, 0.3) is 0 Å². The van der Waals surface area contributed by atoms with Crippen LogP contribution in [0.3, 0.4) is 0 Å². The number of hydrogen-bond acceptors (Lipinski definition) is 4. The van der Waals surface area contributed by atoms with Gasteiger partial charge in [0.05, 0.1) is 25.0 Å². The van der Waals surface area contributed by atoms with Gasteiger partial charge >= 0.3 is 6.03 Å². The summed E-state index contributed by atoms with van der Waals surface area (Å²) in [6, 6.07) is 3.77. The second-order valence-electron chi connectivity index (χ2n) is 5.31. The van der Waals surface area contributed by atoms with Gasteiger partial charge in [0.15, 0.2) is 0 Å². The maximum Gasteiger partial charge on any atom is 0.317 e. The van der Waals surface area contributed by atoms with E-state index < -0.39 is 0 Å². The first kappa shape index (κ1) is 14.9. The van der Waals surface area contributed by atoms with Crippen molar-refractivity contribution in [3.63, 3.8) is 0 Å². The van der Waals surface area contributed by atoms with E-state index in [0.717, 1.165) is 5.76 Å². The Morgan fingerprint density at radius 3 is 3.00 bits per heavy atom. The number of rotatable bonds is 4. The van der Waals surface area contributed by atoms with E-state index in [-0.39, 0.29) is 18.2 Å². The van der Waals surface area contributed by atoms with Gasteiger partial charge in [0, 0.05) is 19.6 Å². The van der Waals surface area contributed by atoms with Gasteiger partial charge in [-0.05, 0) is 33.2 Å². The van der Waals surface area contributed by atoms with E-state index in [2.05, 4.69) is 5.32 Å². The van der Waals surface area contributed by atoms with Crippen molar-refractivity contribution in [1.29, 1.82) is 0 Å². The van der Waals surface area contributed by atoms with Crippen molar-refractivity contribution in [3.05, 3.63) is 24.2 Å². The lowest BCUT2D eigenvalue weighted by atomic mass is 10.2. The molecular weight excluding hydrogens is 258 g/mol. The summed E-state index contributed by atoms with van der Waals surface area (Å²) in [5.74, 6) is 0.852. The molecule has 20 heavy (non-hydrogen) atoms. The van der Waals surface area contributed by atoms with E-state index in [1.807, 2.05) is 38.1 Å². The van der Waals surface area contributed by atoms with Crippen molar-refractivity contribution < 1.29 is 13.9 Å². The maximum atomic E-state index is 12.2. The first-order valence-electron chi connectivity index (χ1n) is 6.92. The standard InChI is InChI=1S/C14H23N3O3/c1-11-10-17(6-8-19-11)14(18)15-9-12(16(2)3)13-5-4-7-20-13/h4-5,7,11-12H,6,8-10H2,1-3H3,(H,15,18)/t11-,12+/m1/s1. The van der Waals surface area contributed by atoms with Crippen molar-refractivity contribution in [2.24, 2.45) is 0 Å². The molecule has 0 unspecified atom stereocenters. The highest BCUT2D eigenvalue weighted by atomic mass is 16.5. The van der Waals surface area contributed by atoms with Crippen molar-refractivity contribution in [2.45, 2.75) is 19.1 Å². The van der Waals surface area contributed by atoms with Gasteiger partial charge in [0.25, 0.3) is 0 Å². The van der Waals surface area contributed by atoms with Crippen LogP contribution in [0.15, 0.2) is 22.8 Å². The van der Waals surface area contributed by atoms with E-state index in [9.17, 15) is 4.79 Å². The zero-order valence-electron chi connectivity index (χ0n) is 12.3. The largest absolute Gasteiger partial charge is 0.468 e. The van der Waals surface area contributed by atoms with E-state index in [0.29, 0.717) is 26.2 Å². The second-order valence-corrected chi connectivity index (χ2v) is 5.31. The Kier molecular flexibility index (Phi) is 5.03. The van der Waals surface area contributed by atoms with Crippen LogP contribution in [0, 0.1) is 0 Å². The molecule has 1 aliphatic heterocycles. The molecule has 2 amide bonds. The number of hydrogen-bond donors (Lipinski definition) is 1. The molecule has 1 aromatic heterocycles. The normalized spacial score (nSPS) is 21.0. The van der Waals surface area contributed by atoms with Crippen molar-refractivity contribution >= 4 is 6.03 Å². The molecule has 2 rings (SSSR count). The number of nitrogens with zero attached hydrogens (tertiary/aromatic N) is 2. The Morgan fingerprint density at radius 1 is 1.60 bits per heavy atom. The molecule has 2 heterocycles. The molecule has 1 saturated heterocycles. The van der Waals surface area contributed by atoms with Crippen LogP contribution in [0.2, 0.25) is 0 Å². The number of carbonyl (C=O) groups excluding carboxylic acids is 1. The molecule has 0 aromatic carbocycles. The predicted molar refractivity (Wildman–Crippen MR) is 75.5 cm³/mol. The summed E-state index contributed by atoms with van der Waals surface area (Å²) < 4.78 is 10.9. The third-order valence-electron chi connectivity index (χ3n) is 3.47. The van der Waals surface area contributed by atoms with E-state index >= 15 is 0 Å². The molecule has 0 radical (unpaired) electrons. The van der Waals surface area contributed by atoms with Crippen molar-refractivity contribution in [3.8, 4) is 0 Å². The minimum atomic E-state index is -0.0430. The number of urea groups is 1. The molecular formula is C14H23N3O3. The fourth-order valence-electron chi connectivity index (χ4n) is 2.32. The second kappa shape index (κ2) is 6.76. The van der Waals surface area contributed by atoms with Crippen LogP contribution in [-0.2, 0) is 4.74 Å². The Balaban J connectivity index is 1.87. The van der Waals surface area contributed by atoms with Crippen LogP contribution in [-0.4, -0.2) is 62.3 Å². The summed E-state index contributed by atoms with van der Waals surface area (Å²) in [6.45, 7) is 4.38. The zero-order valence-corrected chi connectivity index (χ0v) is 12.3. The van der Waals surface area contributed by atoms with Gasteiger partial charge in [-0.2, -0.15) is 0 Å². The van der Waals surface area contributed by atoms with Gasteiger partial charge in [0.2, 0.25) is 0 Å². The zero-order chi connectivity index (χ0) is 14.5. The van der Waals surface area contributed by atoms with Gasteiger partial charge in [-0.25, -0.2) is 4.79 Å². The first-order chi connectivity index (χ1) is 9.58. The average molecular weight is 281 g/mol. The van der Waals surface area contributed by atoms with Crippen LogP contribution in [0.5, 0.6) is 0 Å². The fourth-order valence-corrected chi connectivity index (χ4v) is 2.32. The van der Waals surface area contributed by atoms with Gasteiger partial charge in [-0.15, -0.1) is 0 Å². The quantitative estimate of drug-likeness (QED) is 0.904. The number of carbonyl (C=O) groups is 1. The lowest BCUT2D eigenvalue weighted by molar-refractivity contribution is -0.00367. The monoisotopic (exact) mass is 281 g/mol. The minimum Gasteiger partial charge on any atom is -0.468 e. The molecule has 1 aliphatic rings. The lowest BCUT2D eigenvalue weighted by Gasteiger charge is -2.32. The third-order valence-corrected chi connectivity index (χ3v) is 3.47. The molecule has 6 nitrogen and oxygen atoms in total. The van der Waals surface area contributed by atoms with Gasteiger partial charge in [-0.1, -0.05) is 0 Å². The number of amides is 2. The van der Waals surface area contributed by atoms with Crippen LogP contribution in [0.1, 0.15) is 18.7 Å². The predicted octanol–water partition coefficient (Wildman–Crippen LogP) is 1.31. The molecule has 1 fully saturated rings. The molecule has 0 saturated carbocycles. The number of likely N-dealkylation sites (N-methyl/N-ethyl adjacent to an activating group) is 1. The molecule has 6 heteroatoms. The SMILES string of the molecule is C[C@@H]1CN(C(=O)NC[C@@H](c2ccco2)N(C)C)CCO1. The highest BCUT2D eigenvalue weighted by Gasteiger charge is 2.23. The van der Waals surface area contributed by atoms with E-state index in [1.165, 1.54) is 0 Å². The Morgan fingerprint density at radius 2 is 2.40 bits per heavy atom. The average Bonchev–Trinajstić information content (AvgIpc) is 2.92. The molecule has 0 aliphatic carbocycles. The molecule has 0 bridgehead atoms. The van der Waals surface area contributed by atoms with Gasteiger partial charge in [0.1, 0.15) is 5.76 Å². The Bertz CT molecular complexity index is 419. The molecule has 112 valence electrons. The summed E-state index contributed by atoms with van der Waals surface area (Å²) in [6.07, 6.45) is 1.75. The third kappa shape index (κ3) is 3.74. The smallest absolute Gasteiger partial charge is 0.317 e. The highest BCUT2D eigenvalue weighted by molar-refractivity contribution is 5.74. The highest BCUT2D eigenvalue weighted by Crippen LogP contribution is 2.17. The molecule has 2 atom stereocenters. The summed E-state index contributed by atoms with van der Waals surface area (Å²) >= 11 is 0. The summed E-state index contributed by atoms with van der Waals surface area (Å²) in [7, 11) is 3.94. The summed E-state index contributed by atoms with van der Waals surface area (Å²) in [5, 5.41) is 2.97. The Labute approximate surface area is 119 Å². The minimum absolute atomic E-state index is 0.0346. The van der Waals surface area contributed by atoms with Crippen molar-refractivity contribution in [1.82, 2.24) is 15.1 Å². The van der Waals surface area contributed by atoms with Crippen molar-refractivity contribution in [2.75, 3.05) is 40.3 Å². The van der Waals surface area contributed by atoms with E-state index in [4.69, 9.17) is 9.15 Å². The first-order valence-corrected chi connectivity index (χ1v) is 6.92. The number of ether oxygens (including phenoxy) is 1. The Hall–Kier alpha value is -1.53. The summed E-state index contributed by atoms with van der Waals surface area (Å²) in [5.41, 5.74) is 0. The number of nitrogens with one attached hydrogen (secondary N) is 1. The molecule has 1 N–H and O–H groups in total. The lowest BCUT2D eigenvalue weighted by Crippen LogP contribution is -2.50. The van der Waals surface area contributed by atoms with Crippen LogP contribution < -0.4 is 5.32 Å². The van der Waals surface area contributed by atoms with Gasteiger partial charge < -0.3 is 19.4 Å². The van der Waals surface area contributed by atoms with Crippen LogP contribution in [0.4, 0.5) is 4.79 Å². The molecule has 1 aromatic rings. The van der Waals surface area contributed by atoms with Crippen LogP contribution >= 0.6 is 0 Å². The molecule has 0 spiro atoms. The van der Waals surface area contributed by atoms with Gasteiger partial charge in [-0.3, -0.25) is 4.90 Å². The maximum absolute atomic E-state index is 12.2. The fraction of sp³-hybridized carbons (Fsp3) is 0.643. The van der Waals surface area contributed by atoms with E-state index in [1.54, 1.807) is 11.2 Å². The topological polar surface area (TPSA) is 58.0 Å². The number of furan rings is 1. The number of morpholine rings is 1. The summed E-state index contributed by atoms with van der Waals surface area (Å²) in [4.78, 5) is 16.0.